The lowest BCUT2D eigenvalue weighted by Gasteiger charge is -2.21. The quantitative estimate of drug-likeness (QED) is 0.733. The lowest BCUT2D eigenvalue weighted by molar-refractivity contribution is 0.725. The lowest BCUT2D eigenvalue weighted by atomic mass is 10.2. The average Bonchev–Trinajstić information content (AvgIpc) is 2.38. The van der Waals surface area contributed by atoms with Crippen LogP contribution in [-0.4, -0.2) is 24.6 Å². The minimum absolute atomic E-state index is 0.692. The molecule has 1 N–H and O–H groups in total. The number of hydrogen-bond donors (Lipinski definition) is 1. The second-order valence-electron chi connectivity index (χ2n) is 3.90. The average molecular weight is 266 g/mol. The Morgan fingerprint density at radius 1 is 1.39 bits per heavy atom. The van der Waals surface area contributed by atoms with Crippen molar-refractivity contribution >= 4 is 17.4 Å². The standard InChI is InChI=1S/C14H20ClN3/c1-4-7-18(8-5-2)14-9-12(10-16-6-3)13(15)11-17-14/h4-5,9,11,16H,1-2,6-8,10H2,3H3. The number of halogens is 1. The molecule has 0 aliphatic rings. The highest BCUT2D eigenvalue weighted by molar-refractivity contribution is 6.31. The molecule has 0 fully saturated rings. The summed E-state index contributed by atoms with van der Waals surface area (Å²) in [5, 5.41) is 3.96. The highest BCUT2D eigenvalue weighted by Crippen LogP contribution is 2.20. The molecule has 0 saturated carbocycles. The van der Waals surface area contributed by atoms with E-state index in [-0.39, 0.29) is 0 Å². The topological polar surface area (TPSA) is 28.2 Å². The molecule has 0 aliphatic carbocycles. The molecule has 0 aliphatic heterocycles. The van der Waals surface area contributed by atoms with Gasteiger partial charge < -0.3 is 10.2 Å². The van der Waals surface area contributed by atoms with Gasteiger partial charge in [-0.2, -0.15) is 0 Å². The van der Waals surface area contributed by atoms with E-state index in [0.29, 0.717) is 5.02 Å². The van der Waals surface area contributed by atoms with Crippen molar-refractivity contribution in [3.05, 3.63) is 48.2 Å². The van der Waals surface area contributed by atoms with Gasteiger partial charge in [0.15, 0.2) is 0 Å². The fraction of sp³-hybridized carbons (Fsp3) is 0.357. The summed E-state index contributed by atoms with van der Waals surface area (Å²) in [6.07, 6.45) is 5.40. The summed E-state index contributed by atoms with van der Waals surface area (Å²) < 4.78 is 0. The zero-order valence-corrected chi connectivity index (χ0v) is 11.6. The highest BCUT2D eigenvalue weighted by Gasteiger charge is 2.08. The van der Waals surface area contributed by atoms with E-state index in [1.807, 2.05) is 18.2 Å². The number of hydrogen-bond acceptors (Lipinski definition) is 3. The maximum Gasteiger partial charge on any atom is 0.129 e. The van der Waals surface area contributed by atoms with Crippen molar-refractivity contribution < 1.29 is 0 Å². The van der Waals surface area contributed by atoms with Crippen LogP contribution in [0.15, 0.2) is 37.6 Å². The monoisotopic (exact) mass is 265 g/mol. The van der Waals surface area contributed by atoms with Crippen LogP contribution in [0.1, 0.15) is 12.5 Å². The van der Waals surface area contributed by atoms with Gasteiger partial charge in [-0.05, 0) is 18.2 Å². The molecule has 0 saturated heterocycles. The zero-order chi connectivity index (χ0) is 13.4. The number of pyridine rings is 1. The molecule has 0 unspecified atom stereocenters. The van der Waals surface area contributed by atoms with Crippen LogP contribution < -0.4 is 10.2 Å². The van der Waals surface area contributed by atoms with E-state index in [9.17, 15) is 0 Å². The van der Waals surface area contributed by atoms with Crippen molar-refractivity contribution in [2.75, 3.05) is 24.5 Å². The van der Waals surface area contributed by atoms with Crippen molar-refractivity contribution in [3.8, 4) is 0 Å². The number of rotatable bonds is 8. The molecule has 3 nitrogen and oxygen atoms in total. The molecule has 1 aromatic rings. The van der Waals surface area contributed by atoms with Gasteiger partial charge in [-0.15, -0.1) is 13.2 Å². The van der Waals surface area contributed by atoms with Gasteiger partial charge in [0.1, 0.15) is 5.82 Å². The molecule has 0 bridgehead atoms. The molecule has 4 heteroatoms. The van der Waals surface area contributed by atoms with Crippen LogP contribution in [0.2, 0.25) is 5.02 Å². The number of aromatic nitrogens is 1. The Morgan fingerprint density at radius 3 is 2.61 bits per heavy atom. The summed E-state index contributed by atoms with van der Waals surface area (Å²) >= 11 is 6.13. The van der Waals surface area contributed by atoms with Crippen LogP contribution in [-0.2, 0) is 6.54 Å². The molecule has 1 aromatic heterocycles. The fourth-order valence-corrected chi connectivity index (χ4v) is 1.78. The van der Waals surface area contributed by atoms with Crippen molar-refractivity contribution in [2.24, 2.45) is 0 Å². The van der Waals surface area contributed by atoms with E-state index >= 15 is 0 Å². The molecule has 0 aromatic carbocycles. The third-order valence-electron chi connectivity index (χ3n) is 2.51. The number of nitrogens with one attached hydrogen (secondary N) is 1. The third-order valence-corrected chi connectivity index (χ3v) is 2.85. The second-order valence-corrected chi connectivity index (χ2v) is 4.30. The number of anilines is 1. The zero-order valence-electron chi connectivity index (χ0n) is 10.8. The molecule has 0 amide bonds. The van der Waals surface area contributed by atoms with Crippen LogP contribution in [0.25, 0.3) is 0 Å². The van der Waals surface area contributed by atoms with E-state index < -0.39 is 0 Å². The van der Waals surface area contributed by atoms with Gasteiger partial charge >= 0.3 is 0 Å². The summed E-state index contributed by atoms with van der Waals surface area (Å²) in [4.78, 5) is 6.44. The first-order chi connectivity index (χ1) is 8.72. The summed E-state index contributed by atoms with van der Waals surface area (Å²) in [5.74, 6) is 0.895. The summed E-state index contributed by atoms with van der Waals surface area (Å²) in [6, 6.07) is 2.01. The Hall–Kier alpha value is -1.32. The lowest BCUT2D eigenvalue weighted by Crippen LogP contribution is -2.24. The predicted molar refractivity (Wildman–Crippen MR) is 79.2 cm³/mol. The van der Waals surface area contributed by atoms with Gasteiger partial charge in [-0.1, -0.05) is 30.7 Å². The SMILES string of the molecule is C=CCN(CC=C)c1cc(CNCC)c(Cl)cn1. The van der Waals surface area contributed by atoms with Crippen LogP contribution in [0.4, 0.5) is 5.82 Å². The smallest absolute Gasteiger partial charge is 0.129 e. The van der Waals surface area contributed by atoms with Gasteiger partial charge in [0.2, 0.25) is 0 Å². The van der Waals surface area contributed by atoms with E-state index in [1.165, 1.54) is 0 Å². The van der Waals surface area contributed by atoms with Crippen LogP contribution in [0.3, 0.4) is 0 Å². The Labute approximate surface area is 114 Å². The van der Waals surface area contributed by atoms with Crippen molar-refractivity contribution in [3.63, 3.8) is 0 Å². The Morgan fingerprint density at radius 2 is 2.06 bits per heavy atom. The van der Waals surface area contributed by atoms with Crippen molar-refractivity contribution in [2.45, 2.75) is 13.5 Å². The molecule has 1 rings (SSSR count). The van der Waals surface area contributed by atoms with Gasteiger partial charge in [-0.3, -0.25) is 0 Å². The first kappa shape index (κ1) is 14.7. The minimum Gasteiger partial charge on any atom is -0.349 e. The van der Waals surface area contributed by atoms with Crippen LogP contribution in [0, 0.1) is 0 Å². The normalized spacial score (nSPS) is 10.1. The molecule has 0 radical (unpaired) electrons. The summed E-state index contributed by atoms with van der Waals surface area (Å²) in [6.45, 7) is 12.7. The van der Waals surface area contributed by atoms with Crippen LogP contribution >= 0.6 is 11.6 Å². The maximum atomic E-state index is 6.13. The van der Waals surface area contributed by atoms with Crippen LogP contribution in [0.5, 0.6) is 0 Å². The van der Waals surface area contributed by atoms with Gasteiger partial charge in [0.25, 0.3) is 0 Å². The largest absolute Gasteiger partial charge is 0.349 e. The highest BCUT2D eigenvalue weighted by atomic mass is 35.5. The van der Waals surface area contributed by atoms with E-state index in [2.05, 4.69) is 35.3 Å². The summed E-state index contributed by atoms with van der Waals surface area (Å²) in [7, 11) is 0. The molecular formula is C14H20ClN3. The van der Waals surface area contributed by atoms with Gasteiger partial charge in [0, 0.05) is 25.8 Å². The Balaban J connectivity index is 2.92. The number of nitrogens with zero attached hydrogens (tertiary/aromatic N) is 2. The second kappa shape index (κ2) is 7.90. The van der Waals surface area contributed by atoms with E-state index in [1.54, 1.807) is 6.20 Å². The molecule has 0 spiro atoms. The first-order valence-electron chi connectivity index (χ1n) is 6.04. The minimum atomic E-state index is 0.692. The van der Waals surface area contributed by atoms with E-state index in [0.717, 1.165) is 37.6 Å². The molecule has 0 atom stereocenters. The first-order valence-corrected chi connectivity index (χ1v) is 6.42. The predicted octanol–water partition coefficient (Wildman–Crippen LogP) is 3.02. The fourth-order valence-electron chi connectivity index (χ4n) is 1.61. The molecule has 1 heterocycles. The third kappa shape index (κ3) is 4.17. The Kier molecular flexibility index (Phi) is 6.47. The van der Waals surface area contributed by atoms with Gasteiger partial charge in [0.05, 0.1) is 5.02 Å². The van der Waals surface area contributed by atoms with Gasteiger partial charge in [-0.25, -0.2) is 4.98 Å². The maximum absolute atomic E-state index is 6.13. The Bertz CT molecular complexity index is 394. The summed E-state index contributed by atoms with van der Waals surface area (Å²) in [5.41, 5.74) is 1.06. The molecule has 18 heavy (non-hydrogen) atoms. The van der Waals surface area contributed by atoms with E-state index in [4.69, 9.17) is 11.6 Å². The van der Waals surface area contributed by atoms with Crippen molar-refractivity contribution in [1.82, 2.24) is 10.3 Å². The molecule has 98 valence electrons. The molecular weight excluding hydrogens is 246 g/mol. The van der Waals surface area contributed by atoms with Crippen molar-refractivity contribution in [1.29, 1.82) is 0 Å².